The smallest absolute Gasteiger partial charge is 0.232 e. The molecule has 7 heteroatoms. The summed E-state index contributed by atoms with van der Waals surface area (Å²) in [6.07, 6.45) is 0.300. The van der Waals surface area contributed by atoms with E-state index >= 15 is 0 Å². The van der Waals surface area contributed by atoms with Crippen LogP contribution in [0.2, 0.25) is 10.0 Å². The summed E-state index contributed by atoms with van der Waals surface area (Å²) in [5.41, 5.74) is 2.40. The van der Waals surface area contributed by atoms with Crippen molar-refractivity contribution in [2.75, 3.05) is 11.4 Å². The van der Waals surface area contributed by atoms with Crippen LogP contribution in [0.25, 0.3) is 11.4 Å². The Kier molecular flexibility index (Phi) is 4.42. The fourth-order valence-electron chi connectivity index (χ4n) is 3.21. The summed E-state index contributed by atoms with van der Waals surface area (Å²) < 4.78 is 5.42. The second-order valence-corrected chi connectivity index (χ2v) is 7.06. The number of aromatic nitrogens is 2. The van der Waals surface area contributed by atoms with Gasteiger partial charge in [-0.05, 0) is 30.7 Å². The first-order valence-corrected chi connectivity index (χ1v) is 8.94. The van der Waals surface area contributed by atoms with E-state index in [0.29, 0.717) is 40.3 Å². The van der Waals surface area contributed by atoms with Crippen LogP contribution in [0.3, 0.4) is 0 Å². The zero-order valence-electron chi connectivity index (χ0n) is 13.9. The monoisotopic (exact) mass is 387 g/mol. The number of anilines is 1. The van der Waals surface area contributed by atoms with Gasteiger partial charge in [0.15, 0.2) is 0 Å². The Labute approximate surface area is 160 Å². The zero-order valence-corrected chi connectivity index (χ0v) is 15.5. The molecule has 1 aliphatic rings. The number of benzene rings is 2. The molecule has 0 N–H and O–H groups in total. The highest BCUT2D eigenvalue weighted by Crippen LogP contribution is 2.37. The highest BCUT2D eigenvalue weighted by Gasteiger charge is 2.36. The second-order valence-electron chi connectivity index (χ2n) is 6.25. The molecular formula is C19H15Cl2N3O2. The number of rotatable bonds is 3. The van der Waals surface area contributed by atoms with E-state index < -0.39 is 0 Å². The molecule has 26 heavy (non-hydrogen) atoms. The largest absolute Gasteiger partial charge is 0.339 e. The van der Waals surface area contributed by atoms with Gasteiger partial charge in [0.05, 0.1) is 21.7 Å². The van der Waals surface area contributed by atoms with Crippen molar-refractivity contribution in [1.82, 2.24) is 10.1 Å². The molecule has 1 atom stereocenters. The van der Waals surface area contributed by atoms with Crippen molar-refractivity contribution < 1.29 is 9.32 Å². The average Bonchev–Trinajstić information content (AvgIpc) is 3.23. The minimum absolute atomic E-state index is 0.0105. The van der Waals surface area contributed by atoms with Crippen molar-refractivity contribution in [3.8, 4) is 11.4 Å². The molecule has 2 heterocycles. The van der Waals surface area contributed by atoms with E-state index in [2.05, 4.69) is 10.1 Å². The maximum atomic E-state index is 12.6. The number of amides is 1. The Bertz CT molecular complexity index is 966. The van der Waals surface area contributed by atoms with Crippen LogP contribution in [-0.4, -0.2) is 22.6 Å². The SMILES string of the molecule is Cc1cccc(Cl)c1N1CC(c2nc(-c3ccccc3Cl)no2)CC1=O. The molecule has 1 amide bonds. The Morgan fingerprint density at radius 2 is 1.88 bits per heavy atom. The van der Waals surface area contributed by atoms with Crippen LogP contribution in [0.1, 0.15) is 23.8 Å². The Balaban J connectivity index is 1.61. The van der Waals surface area contributed by atoms with Crippen molar-refractivity contribution in [2.24, 2.45) is 0 Å². The lowest BCUT2D eigenvalue weighted by molar-refractivity contribution is -0.117. The van der Waals surface area contributed by atoms with Crippen LogP contribution < -0.4 is 4.90 Å². The topological polar surface area (TPSA) is 59.2 Å². The van der Waals surface area contributed by atoms with Crippen molar-refractivity contribution in [1.29, 1.82) is 0 Å². The van der Waals surface area contributed by atoms with E-state index in [1.165, 1.54) is 0 Å². The number of carbonyl (C=O) groups is 1. The zero-order chi connectivity index (χ0) is 18.3. The van der Waals surface area contributed by atoms with Crippen LogP contribution in [0.4, 0.5) is 5.69 Å². The average molecular weight is 388 g/mol. The molecule has 1 unspecified atom stereocenters. The third-order valence-electron chi connectivity index (χ3n) is 4.49. The lowest BCUT2D eigenvalue weighted by Gasteiger charge is -2.20. The Hall–Kier alpha value is -2.37. The first-order valence-electron chi connectivity index (χ1n) is 8.18. The number of aryl methyl sites for hydroxylation is 1. The number of halogens is 2. The molecule has 0 aliphatic carbocycles. The molecule has 1 aliphatic heterocycles. The van der Waals surface area contributed by atoms with E-state index in [1.807, 2.05) is 37.3 Å². The Morgan fingerprint density at radius 1 is 1.12 bits per heavy atom. The molecule has 5 nitrogen and oxygen atoms in total. The molecule has 0 bridgehead atoms. The minimum atomic E-state index is -0.179. The molecule has 132 valence electrons. The molecule has 0 saturated carbocycles. The maximum absolute atomic E-state index is 12.6. The fraction of sp³-hybridized carbons (Fsp3) is 0.211. The van der Waals surface area contributed by atoms with Crippen molar-refractivity contribution in [3.05, 3.63) is 64.0 Å². The molecule has 1 aromatic heterocycles. The maximum Gasteiger partial charge on any atom is 0.232 e. The molecule has 1 fully saturated rings. The summed E-state index contributed by atoms with van der Waals surface area (Å²) in [7, 11) is 0. The van der Waals surface area contributed by atoms with Crippen LogP contribution in [0, 0.1) is 6.92 Å². The van der Waals surface area contributed by atoms with Gasteiger partial charge in [0, 0.05) is 18.5 Å². The van der Waals surface area contributed by atoms with Gasteiger partial charge in [-0.25, -0.2) is 0 Å². The third kappa shape index (κ3) is 2.97. The van der Waals surface area contributed by atoms with E-state index in [4.69, 9.17) is 27.7 Å². The van der Waals surface area contributed by atoms with Crippen molar-refractivity contribution in [3.63, 3.8) is 0 Å². The van der Waals surface area contributed by atoms with Crippen LogP contribution in [-0.2, 0) is 4.79 Å². The van der Waals surface area contributed by atoms with E-state index in [-0.39, 0.29) is 11.8 Å². The van der Waals surface area contributed by atoms with E-state index in [0.717, 1.165) is 11.3 Å². The molecule has 0 spiro atoms. The van der Waals surface area contributed by atoms with Gasteiger partial charge in [0.2, 0.25) is 17.6 Å². The quantitative estimate of drug-likeness (QED) is 0.642. The summed E-state index contributed by atoms with van der Waals surface area (Å²) in [5.74, 6) is 0.663. The second kappa shape index (κ2) is 6.74. The Morgan fingerprint density at radius 3 is 2.65 bits per heavy atom. The highest BCUT2D eigenvalue weighted by molar-refractivity contribution is 6.34. The molecule has 2 aromatic carbocycles. The summed E-state index contributed by atoms with van der Waals surface area (Å²) in [4.78, 5) is 18.7. The number of hydrogen-bond donors (Lipinski definition) is 0. The molecule has 0 radical (unpaired) electrons. The number of hydrogen-bond acceptors (Lipinski definition) is 4. The van der Waals surface area contributed by atoms with Gasteiger partial charge in [0.25, 0.3) is 0 Å². The molecule has 3 aromatic rings. The third-order valence-corrected chi connectivity index (χ3v) is 5.12. The predicted molar refractivity (Wildman–Crippen MR) is 101 cm³/mol. The standard InChI is InChI=1S/C19H15Cl2N3O2/c1-11-5-4-8-15(21)17(11)24-10-12(9-16(24)25)19-22-18(23-26-19)13-6-2-3-7-14(13)20/h2-8,12H,9-10H2,1H3. The van der Waals surface area contributed by atoms with Gasteiger partial charge in [-0.15, -0.1) is 0 Å². The minimum Gasteiger partial charge on any atom is -0.339 e. The fourth-order valence-corrected chi connectivity index (χ4v) is 3.75. The van der Waals surface area contributed by atoms with Crippen LogP contribution in [0.5, 0.6) is 0 Å². The first-order chi connectivity index (χ1) is 12.5. The van der Waals surface area contributed by atoms with E-state index in [9.17, 15) is 4.79 Å². The lowest BCUT2D eigenvalue weighted by Crippen LogP contribution is -2.25. The molecule has 4 rings (SSSR count). The number of carbonyl (C=O) groups excluding carboxylic acids is 1. The molecular weight excluding hydrogens is 373 g/mol. The van der Waals surface area contributed by atoms with Gasteiger partial charge < -0.3 is 9.42 Å². The van der Waals surface area contributed by atoms with Crippen LogP contribution in [0.15, 0.2) is 47.0 Å². The van der Waals surface area contributed by atoms with Crippen molar-refractivity contribution in [2.45, 2.75) is 19.3 Å². The summed E-state index contributed by atoms with van der Waals surface area (Å²) >= 11 is 12.5. The van der Waals surface area contributed by atoms with Crippen molar-refractivity contribution >= 4 is 34.8 Å². The van der Waals surface area contributed by atoms with Gasteiger partial charge in [-0.3, -0.25) is 4.79 Å². The van der Waals surface area contributed by atoms with Gasteiger partial charge in [-0.2, -0.15) is 4.98 Å². The predicted octanol–water partition coefficient (Wildman–Crippen LogP) is 4.87. The summed E-state index contributed by atoms with van der Waals surface area (Å²) in [6, 6.07) is 12.9. The lowest BCUT2D eigenvalue weighted by atomic mass is 10.1. The summed E-state index contributed by atoms with van der Waals surface area (Å²) in [5, 5.41) is 5.13. The van der Waals surface area contributed by atoms with Gasteiger partial charge in [0.1, 0.15) is 0 Å². The summed E-state index contributed by atoms with van der Waals surface area (Å²) in [6.45, 7) is 2.39. The highest BCUT2D eigenvalue weighted by atomic mass is 35.5. The molecule has 1 saturated heterocycles. The number of nitrogens with zero attached hydrogens (tertiary/aromatic N) is 3. The van der Waals surface area contributed by atoms with Crippen LogP contribution >= 0.6 is 23.2 Å². The first kappa shape index (κ1) is 17.1. The van der Waals surface area contributed by atoms with Gasteiger partial charge >= 0.3 is 0 Å². The normalized spacial score (nSPS) is 17.1. The van der Waals surface area contributed by atoms with Gasteiger partial charge in [-0.1, -0.05) is 52.6 Å². The number of para-hydroxylation sites is 1. The van der Waals surface area contributed by atoms with E-state index in [1.54, 1.807) is 17.0 Å².